The van der Waals surface area contributed by atoms with Crippen molar-refractivity contribution in [3.05, 3.63) is 66.1 Å². The first kappa shape index (κ1) is 12.7. The van der Waals surface area contributed by atoms with Gasteiger partial charge in [-0.05, 0) is 48.9 Å². The highest BCUT2D eigenvalue weighted by Gasteiger charge is 2.02. The molecular formula is C17H17FN2. The topological polar surface area (TPSA) is 17.0 Å². The van der Waals surface area contributed by atoms with Crippen molar-refractivity contribution in [3.63, 3.8) is 0 Å². The van der Waals surface area contributed by atoms with E-state index in [0.29, 0.717) is 0 Å². The lowest BCUT2D eigenvalue weighted by Gasteiger charge is -2.09. The van der Waals surface area contributed by atoms with Gasteiger partial charge in [-0.2, -0.15) is 0 Å². The normalized spacial score (nSPS) is 10.9. The van der Waals surface area contributed by atoms with Crippen molar-refractivity contribution in [1.82, 2.24) is 4.57 Å². The molecule has 0 fully saturated rings. The summed E-state index contributed by atoms with van der Waals surface area (Å²) in [6, 6.07) is 15.0. The highest BCUT2D eigenvalue weighted by atomic mass is 19.1. The van der Waals surface area contributed by atoms with Gasteiger partial charge in [0.2, 0.25) is 0 Å². The summed E-state index contributed by atoms with van der Waals surface area (Å²) in [5.41, 5.74) is 3.50. The second-order valence-corrected chi connectivity index (χ2v) is 4.95. The maximum atomic E-state index is 12.8. The van der Waals surface area contributed by atoms with Crippen molar-refractivity contribution in [2.45, 2.75) is 13.5 Å². The fourth-order valence-electron chi connectivity index (χ4n) is 2.46. The van der Waals surface area contributed by atoms with Crippen molar-refractivity contribution in [2.24, 2.45) is 0 Å². The zero-order valence-electron chi connectivity index (χ0n) is 11.4. The number of aromatic nitrogens is 1. The average Bonchev–Trinajstić information content (AvgIpc) is 2.86. The maximum absolute atomic E-state index is 12.8. The van der Waals surface area contributed by atoms with Crippen LogP contribution in [0.4, 0.5) is 10.1 Å². The monoisotopic (exact) mass is 268 g/mol. The van der Waals surface area contributed by atoms with Gasteiger partial charge in [0, 0.05) is 35.9 Å². The second-order valence-electron chi connectivity index (χ2n) is 4.95. The van der Waals surface area contributed by atoms with Gasteiger partial charge in [0.15, 0.2) is 0 Å². The summed E-state index contributed by atoms with van der Waals surface area (Å²) in [7, 11) is 0. The van der Waals surface area contributed by atoms with Crippen LogP contribution in [0.3, 0.4) is 0 Å². The smallest absolute Gasteiger partial charge is 0.123 e. The van der Waals surface area contributed by atoms with Crippen LogP contribution >= 0.6 is 0 Å². The SMILES string of the molecule is Cc1cccc2c1ccn2CCNc1ccc(F)cc1. The fraction of sp³-hybridized carbons (Fsp3) is 0.176. The Morgan fingerprint density at radius 3 is 2.65 bits per heavy atom. The van der Waals surface area contributed by atoms with Crippen LogP contribution in [0.1, 0.15) is 5.56 Å². The Labute approximate surface area is 117 Å². The third-order valence-electron chi connectivity index (χ3n) is 3.56. The first-order chi connectivity index (χ1) is 9.74. The average molecular weight is 268 g/mol. The van der Waals surface area contributed by atoms with Crippen LogP contribution in [0.2, 0.25) is 0 Å². The van der Waals surface area contributed by atoms with Gasteiger partial charge in [-0.1, -0.05) is 12.1 Å². The number of nitrogens with zero attached hydrogens (tertiary/aromatic N) is 1. The number of aryl methyl sites for hydroxylation is 1. The minimum atomic E-state index is -0.206. The third-order valence-corrected chi connectivity index (χ3v) is 3.56. The van der Waals surface area contributed by atoms with E-state index in [1.807, 2.05) is 0 Å². The Morgan fingerprint density at radius 1 is 1.05 bits per heavy atom. The molecule has 0 saturated heterocycles. The molecule has 20 heavy (non-hydrogen) atoms. The summed E-state index contributed by atoms with van der Waals surface area (Å²) in [6.07, 6.45) is 2.12. The Balaban J connectivity index is 1.68. The first-order valence-corrected chi connectivity index (χ1v) is 6.78. The molecule has 0 amide bonds. The number of hydrogen-bond acceptors (Lipinski definition) is 1. The molecule has 1 heterocycles. The third kappa shape index (κ3) is 2.52. The number of benzene rings is 2. The summed E-state index contributed by atoms with van der Waals surface area (Å²) in [5.74, 6) is -0.206. The van der Waals surface area contributed by atoms with Crippen LogP contribution in [-0.2, 0) is 6.54 Å². The number of nitrogens with one attached hydrogen (secondary N) is 1. The van der Waals surface area contributed by atoms with Gasteiger partial charge < -0.3 is 9.88 Å². The Morgan fingerprint density at radius 2 is 1.85 bits per heavy atom. The molecule has 0 radical (unpaired) electrons. The van der Waals surface area contributed by atoms with Crippen LogP contribution < -0.4 is 5.32 Å². The summed E-state index contributed by atoms with van der Waals surface area (Å²) in [6.45, 7) is 3.82. The molecule has 1 N–H and O–H groups in total. The maximum Gasteiger partial charge on any atom is 0.123 e. The second kappa shape index (κ2) is 5.37. The van der Waals surface area contributed by atoms with E-state index in [1.54, 1.807) is 12.1 Å². The summed E-state index contributed by atoms with van der Waals surface area (Å²) in [4.78, 5) is 0. The molecular weight excluding hydrogens is 251 g/mol. The molecule has 0 saturated carbocycles. The molecule has 1 aromatic heterocycles. The Hall–Kier alpha value is -2.29. The van der Waals surface area contributed by atoms with E-state index in [-0.39, 0.29) is 5.82 Å². The highest BCUT2D eigenvalue weighted by Crippen LogP contribution is 2.19. The number of rotatable bonds is 4. The zero-order chi connectivity index (χ0) is 13.9. The molecule has 0 aliphatic heterocycles. The van der Waals surface area contributed by atoms with E-state index >= 15 is 0 Å². The molecule has 0 aliphatic rings. The predicted octanol–water partition coefficient (Wildman–Crippen LogP) is 4.20. The highest BCUT2D eigenvalue weighted by molar-refractivity contribution is 5.83. The lowest BCUT2D eigenvalue weighted by atomic mass is 10.1. The molecule has 0 aliphatic carbocycles. The van der Waals surface area contributed by atoms with E-state index in [0.717, 1.165) is 18.8 Å². The van der Waals surface area contributed by atoms with Crippen LogP contribution in [0.15, 0.2) is 54.7 Å². The number of halogens is 1. The zero-order valence-corrected chi connectivity index (χ0v) is 11.4. The van der Waals surface area contributed by atoms with Crippen molar-refractivity contribution in [1.29, 1.82) is 0 Å². The molecule has 2 aromatic carbocycles. The standard InChI is InChI=1S/C17H17FN2/c1-13-3-2-4-17-16(13)9-11-20(17)12-10-19-15-7-5-14(18)6-8-15/h2-9,11,19H,10,12H2,1H3. The van der Waals surface area contributed by atoms with Gasteiger partial charge in [0.1, 0.15) is 5.82 Å². The molecule has 0 unspecified atom stereocenters. The minimum absolute atomic E-state index is 0.206. The molecule has 0 spiro atoms. The van der Waals surface area contributed by atoms with Crippen molar-refractivity contribution >= 4 is 16.6 Å². The van der Waals surface area contributed by atoms with Gasteiger partial charge in [0.05, 0.1) is 0 Å². The lowest BCUT2D eigenvalue weighted by Crippen LogP contribution is -2.09. The van der Waals surface area contributed by atoms with Crippen molar-refractivity contribution < 1.29 is 4.39 Å². The van der Waals surface area contributed by atoms with Gasteiger partial charge >= 0.3 is 0 Å². The van der Waals surface area contributed by atoms with E-state index in [1.165, 1.54) is 28.6 Å². The molecule has 3 aromatic rings. The van der Waals surface area contributed by atoms with Crippen LogP contribution in [0, 0.1) is 12.7 Å². The summed E-state index contributed by atoms with van der Waals surface area (Å²) >= 11 is 0. The lowest BCUT2D eigenvalue weighted by molar-refractivity contribution is 0.628. The van der Waals surface area contributed by atoms with Crippen LogP contribution in [0.25, 0.3) is 10.9 Å². The van der Waals surface area contributed by atoms with E-state index in [4.69, 9.17) is 0 Å². The van der Waals surface area contributed by atoms with E-state index in [9.17, 15) is 4.39 Å². The van der Waals surface area contributed by atoms with E-state index in [2.05, 4.69) is 47.3 Å². The van der Waals surface area contributed by atoms with Gasteiger partial charge in [-0.15, -0.1) is 0 Å². The van der Waals surface area contributed by atoms with Gasteiger partial charge in [0.25, 0.3) is 0 Å². The molecule has 3 heteroatoms. The molecule has 102 valence electrons. The number of anilines is 1. The first-order valence-electron chi connectivity index (χ1n) is 6.78. The summed E-state index contributed by atoms with van der Waals surface area (Å²) in [5, 5.41) is 4.60. The predicted molar refractivity (Wildman–Crippen MR) is 81.6 cm³/mol. The minimum Gasteiger partial charge on any atom is -0.383 e. The quantitative estimate of drug-likeness (QED) is 0.750. The molecule has 3 rings (SSSR count). The fourth-order valence-corrected chi connectivity index (χ4v) is 2.46. The Kier molecular flexibility index (Phi) is 3.42. The molecule has 0 bridgehead atoms. The van der Waals surface area contributed by atoms with E-state index < -0.39 is 0 Å². The van der Waals surface area contributed by atoms with Crippen molar-refractivity contribution in [2.75, 3.05) is 11.9 Å². The number of hydrogen-bond donors (Lipinski definition) is 1. The largest absolute Gasteiger partial charge is 0.383 e. The Bertz CT molecular complexity index is 713. The van der Waals surface area contributed by atoms with Gasteiger partial charge in [-0.25, -0.2) is 4.39 Å². The van der Waals surface area contributed by atoms with Crippen molar-refractivity contribution in [3.8, 4) is 0 Å². The number of fused-ring (bicyclic) bond motifs is 1. The van der Waals surface area contributed by atoms with Crippen LogP contribution in [0.5, 0.6) is 0 Å². The summed E-state index contributed by atoms with van der Waals surface area (Å²) < 4.78 is 15.0. The van der Waals surface area contributed by atoms with Crippen LogP contribution in [-0.4, -0.2) is 11.1 Å². The molecule has 2 nitrogen and oxygen atoms in total. The molecule has 0 atom stereocenters. The van der Waals surface area contributed by atoms with Gasteiger partial charge in [-0.3, -0.25) is 0 Å².